The summed E-state index contributed by atoms with van der Waals surface area (Å²) in [5.41, 5.74) is 0. The van der Waals surface area contributed by atoms with Gasteiger partial charge in [-0.2, -0.15) is 0 Å². The first-order valence-corrected chi connectivity index (χ1v) is 6.44. The van der Waals surface area contributed by atoms with Crippen LogP contribution in [0.1, 0.15) is 25.7 Å². The molecule has 0 radical (unpaired) electrons. The van der Waals surface area contributed by atoms with E-state index < -0.39 is 5.97 Å². The third-order valence-corrected chi connectivity index (χ3v) is 4.38. The Morgan fingerprint density at radius 1 is 1.25 bits per heavy atom. The summed E-state index contributed by atoms with van der Waals surface area (Å²) in [6.07, 6.45) is 4.95. The normalized spacial score (nSPS) is 37.9. The van der Waals surface area contributed by atoms with Crippen LogP contribution in [0.5, 0.6) is 0 Å². The predicted octanol–water partition coefficient (Wildman–Crippen LogP) is 0.630. The number of carboxylic acid groups (broad SMARTS) is 1. The van der Waals surface area contributed by atoms with Crippen LogP contribution in [0.2, 0.25) is 0 Å². The summed E-state index contributed by atoms with van der Waals surface area (Å²) >= 11 is 0. The van der Waals surface area contributed by atoms with E-state index in [0.717, 1.165) is 12.5 Å². The number of carboxylic acids is 1. The van der Waals surface area contributed by atoms with E-state index in [1.54, 1.807) is 0 Å². The second-order valence-electron chi connectivity index (χ2n) is 5.50. The molecular weight excluding hydrogens is 204 g/mol. The van der Waals surface area contributed by atoms with Gasteiger partial charge in [0, 0.05) is 18.6 Å². The molecule has 2 bridgehead atoms. The highest BCUT2D eigenvalue weighted by atomic mass is 16.4. The van der Waals surface area contributed by atoms with Crippen molar-refractivity contribution in [1.29, 1.82) is 0 Å². The SMILES string of the molecule is O=C(O)CN(C1CC1)C1CN2CCC1CC2. The standard InChI is InChI=1S/C12H20N2O2/c15-12(16)8-14(10-1-2-10)11-7-13-5-3-9(11)4-6-13/h9-11H,1-8H2,(H,15,16). The van der Waals surface area contributed by atoms with E-state index in [1.807, 2.05) is 0 Å². The number of rotatable bonds is 4. The molecule has 0 aromatic rings. The molecule has 1 N–H and O–H groups in total. The van der Waals surface area contributed by atoms with E-state index in [-0.39, 0.29) is 6.54 Å². The number of nitrogens with zero attached hydrogens (tertiary/aromatic N) is 2. The number of hydrogen-bond donors (Lipinski definition) is 1. The van der Waals surface area contributed by atoms with Gasteiger partial charge in [-0.1, -0.05) is 0 Å². The van der Waals surface area contributed by atoms with Gasteiger partial charge in [-0.25, -0.2) is 0 Å². The topological polar surface area (TPSA) is 43.8 Å². The maximum atomic E-state index is 10.9. The van der Waals surface area contributed by atoms with Gasteiger partial charge in [-0.15, -0.1) is 0 Å². The van der Waals surface area contributed by atoms with Crippen molar-refractivity contribution in [1.82, 2.24) is 9.80 Å². The minimum atomic E-state index is -0.664. The average molecular weight is 224 g/mol. The fourth-order valence-electron chi connectivity index (χ4n) is 3.39. The molecule has 90 valence electrons. The first-order chi connectivity index (χ1) is 7.74. The summed E-state index contributed by atoms with van der Waals surface area (Å²) in [6.45, 7) is 3.81. The number of fused-ring (bicyclic) bond motifs is 3. The molecule has 3 saturated heterocycles. The van der Waals surface area contributed by atoms with Crippen molar-refractivity contribution in [2.75, 3.05) is 26.2 Å². The van der Waals surface area contributed by atoms with E-state index in [0.29, 0.717) is 12.1 Å². The van der Waals surface area contributed by atoms with Crippen LogP contribution < -0.4 is 0 Å². The van der Waals surface area contributed by atoms with Crippen molar-refractivity contribution in [2.45, 2.75) is 37.8 Å². The van der Waals surface area contributed by atoms with Crippen LogP contribution in [0.15, 0.2) is 0 Å². The summed E-state index contributed by atoms with van der Waals surface area (Å²) in [5.74, 6) is 0.0910. The molecule has 3 heterocycles. The van der Waals surface area contributed by atoms with Crippen LogP contribution in [0, 0.1) is 5.92 Å². The Bertz CT molecular complexity index is 283. The molecule has 1 aliphatic carbocycles. The van der Waals surface area contributed by atoms with E-state index >= 15 is 0 Å². The van der Waals surface area contributed by atoms with Gasteiger partial charge in [-0.3, -0.25) is 9.69 Å². The van der Waals surface area contributed by atoms with Crippen molar-refractivity contribution in [3.8, 4) is 0 Å². The lowest BCUT2D eigenvalue weighted by molar-refractivity contribution is -0.140. The third-order valence-electron chi connectivity index (χ3n) is 4.38. The van der Waals surface area contributed by atoms with E-state index in [2.05, 4.69) is 9.80 Å². The zero-order chi connectivity index (χ0) is 11.1. The van der Waals surface area contributed by atoms with Crippen LogP contribution >= 0.6 is 0 Å². The molecule has 0 spiro atoms. The van der Waals surface area contributed by atoms with Crippen LogP contribution in [0.3, 0.4) is 0 Å². The Labute approximate surface area is 96.2 Å². The maximum Gasteiger partial charge on any atom is 0.317 e. The molecule has 0 aromatic carbocycles. The molecule has 4 rings (SSSR count). The lowest BCUT2D eigenvalue weighted by atomic mass is 9.83. The van der Waals surface area contributed by atoms with Crippen molar-refractivity contribution in [3.63, 3.8) is 0 Å². The zero-order valence-electron chi connectivity index (χ0n) is 9.64. The Hall–Kier alpha value is -0.610. The highest BCUT2D eigenvalue weighted by Crippen LogP contribution is 2.36. The van der Waals surface area contributed by atoms with Gasteiger partial charge in [-0.05, 0) is 44.7 Å². The third kappa shape index (κ3) is 1.96. The highest BCUT2D eigenvalue weighted by molar-refractivity contribution is 5.69. The first-order valence-electron chi connectivity index (χ1n) is 6.44. The molecule has 0 aromatic heterocycles. The van der Waals surface area contributed by atoms with Gasteiger partial charge in [0.2, 0.25) is 0 Å². The molecule has 4 heteroatoms. The van der Waals surface area contributed by atoms with Crippen LogP contribution in [0.25, 0.3) is 0 Å². The van der Waals surface area contributed by atoms with Crippen LogP contribution in [-0.4, -0.2) is 59.1 Å². The molecule has 4 fully saturated rings. The summed E-state index contributed by atoms with van der Waals surface area (Å²) in [7, 11) is 0. The number of carbonyl (C=O) groups is 1. The Balaban J connectivity index is 1.70. The van der Waals surface area contributed by atoms with Gasteiger partial charge < -0.3 is 10.0 Å². The number of piperidine rings is 3. The lowest BCUT2D eigenvalue weighted by Gasteiger charge is -2.49. The largest absolute Gasteiger partial charge is 0.480 e. The lowest BCUT2D eigenvalue weighted by Crippen LogP contribution is -2.58. The Morgan fingerprint density at radius 3 is 2.38 bits per heavy atom. The second kappa shape index (κ2) is 4.00. The summed E-state index contributed by atoms with van der Waals surface area (Å²) in [5, 5.41) is 9.01. The second-order valence-corrected chi connectivity index (χ2v) is 5.50. The van der Waals surface area contributed by atoms with Crippen molar-refractivity contribution >= 4 is 5.97 Å². The smallest absolute Gasteiger partial charge is 0.317 e. The molecule has 4 aliphatic rings. The summed E-state index contributed by atoms with van der Waals surface area (Å²) in [4.78, 5) is 15.7. The molecular formula is C12H20N2O2. The fraction of sp³-hybridized carbons (Fsp3) is 0.917. The van der Waals surface area contributed by atoms with Crippen molar-refractivity contribution in [2.24, 2.45) is 5.92 Å². The van der Waals surface area contributed by atoms with E-state index in [1.165, 1.54) is 38.8 Å². The fourth-order valence-corrected chi connectivity index (χ4v) is 3.39. The quantitative estimate of drug-likeness (QED) is 0.760. The Kier molecular flexibility index (Phi) is 2.64. The monoisotopic (exact) mass is 224 g/mol. The minimum Gasteiger partial charge on any atom is -0.480 e. The minimum absolute atomic E-state index is 0.250. The zero-order valence-corrected chi connectivity index (χ0v) is 9.64. The molecule has 1 saturated carbocycles. The van der Waals surface area contributed by atoms with E-state index in [4.69, 9.17) is 5.11 Å². The molecule has 16 heavy (non-hydrogen) atoms. The van der Waals surface area contributed by atoms with Gasteiger partial charge in [0.15, 0.2) is 0 Å². The van der Waals surface area contributed by atoms with Crippen LogP contribution in [-0.2, 0) is 4.79 Å². The van der Waals surface area contributed by atoms with Gasteiger partial charge in [0.1, 0.15) is 0 Å². The number of hydrogen-bond acceptors (Lipinski definition) is 3. The van der Waals surface area contributed by atoms with Crippen LogP contribution in [0.4, 0.5) is 0 Å². The summed E-state index contributed by atoms with van der Waals surface area (Å²) < 4.78 is 0. The van der Waals surface area contributed by atoms with Gasteiger partial charge in [0.25, 0.3) is 0 Å². The molecule has 0 amide bonds. The highest BCUT2D eigenvalue weighted by Gasteiger charge is 2.43. The van der Waals surface area contributed by atoms with Crippen molar-refractivity contribution in [3.05, 3.63) is 0 Å². The Morgan fingerprint density at radius 2 is 1.94 bits per heavy atom. The first kappa shape index (κ1) is 10.5. The maximum absolute atomic E-state index is 10.9. The van der Waals surface area contributed by atoms with Crippen molar-refractivity contribution < 1.29 is 9.90 Å². The summed E-state index contributed by atoms with van der Waals surface area (Å²) in [6, 6.07) is 1.09. The molecule has 1 unspecified atom stereocenters. The van der Waals surface area contributed by atoms with Gasteiger partial charge >= 0.3 is 5.97 Å². The predicted molar refractivity (Wildman–Crippen MR) is 60.3 cm³/mol. The molecule has 1 atom stereocenters. The van der Waals surface area contributed by atoms with Gasteiger partial charge in [0.05, 0.1) is 6.54 Å². The molecule has 3 aliphatic heterocycles. The molecule has 4 nitrogen and oxygen atoms in total. The average Bonchev–Trinajstić information content (AvgIpc) is 3.11. The number of aliphatic carboxylic acids is 1. The van der Waals surface area contributed by atoms with E-state index in [9.17, 15) is 4.79 Å².